The lowest BCUT2D eigenvalue weighted by Crippen LogP contribution is -2.47. The first kappa shape index (κ1) is 20.6. The predicted molar refractivity (Wildman–Crippen MR) is 112 cm³/mol. The quantitative estimate of drug-likeness (QED) is 0.734. The van der Waals surface area contributed by atoms with Crippen molar-refractivity contribution in [3.05, 3.63) is 69.7 Å². The van der Waals surface area contributed by atoms with E-state index in [9.17, 15) is 5.11 Å². The lowest BCUT2D eigenvalue weighted by molar-refractivity contribution is -0.0547. The Labute approximate surface area is 171 Å². The Morgan fingerprint density at radius 2 is 1.48 bits per heavy atom. The average molecular weight is 408 g/mol. The molecule has 1 heterocycles. The molecule has 2 aromatic carbocycles. The molecule has 0 bridgehead atoms. The van der Waals surface area contributed by atoms with Crippen molar-refractivity contribution >= 4 is 23.2 Å². The third-order valence-electron chi connectivity index (χ3n) is 5.53. The van der Waals surface area contributed by atoms with Gasteiger partial charge >= 0.3 is 0 Å². The molecule has 0 spiro atoms. The van der Waals surface area contributed by atoms with Crippen molar-refractivity contribution in [2.24, 2.45) is 5.92 Å². The van der Waals surface area contributed by atoms with Gasteiger partial charge in [0, 0.05) is 35.6 Å². The molecule has 0 saturated carbocycles. The van der Waals surface area contributed by atoms with Gasteiger partial charge in [0.25, 0.3) is 0 Å². The van der Waals surface area contributed by atoms with E-state index >= 15 is 0 Å². The molecule has 27 heavy (non-hydrogen) atoms. The first-order valence-corrected chi connectivity index (χ1v) is 10.2. The smallest absolute Gasteiger partial charge is 0.0999 e. The van der Waals surface area contributed by atoms with Crippen molar-refractivity contribution in [1.82, 2.24) is 4.90 Å². The fraction of sp³-hybridized carbons (Fsp3) is 0.455. The van der Waals surface area contributed by atoms with Gasteiger partial charge in [0.2, 0.25) is 0 Å². The molecular weight excluding hydrogens is 381 g/mol. The number of nitrogens with zero attached hydrogens (tertiary/aromatic N) is 1. The molecule has 1 saturated heterocycles. The monoisotopic (exact) mass is 407 g/mol. The van der Waals surface area contributed by atoms with Crippen molar-refractivity contribution in [2.75, 3.05) is 32.8 Å². The maximum absolute atomic E-state index is 12.0. The van der Waals surface area contributed by atoms with Crippen molar-refractivity contribution in [3.63, 3.8) is 0 Å². The normalized spacial score (nSPS) is 19.0. The zero-order chi connectivity index (χ0) is 19.4. The summed E-state index contributed by atoms with van der Waals surface area (Å²) in [6.07, 6.45) is 0. The van der Waals surface area contributed by atoms with Crippen LogP contribution in [0.25, 0.3) is 0 Å². The van der Waals surface area contributed by atoms with Crippen LogP contribution >= 0.6 is 23.2 Å². The number of hydrogen-bond donors (Lipinski definition) is 1. The summed E-state index contributed by atoms with van der Waals surface area (Å²) in [5, 5.41) is 13.4. The molecule has 1 fully saturated rings. The fourth-order valence-corrected chi connectivity index (χ4v) is 4.14. The Hall–Kier alpha value is -1.10. The molecule has 146 valence electrons. The SMILES string of the molecule is CC(C)[C@](O)(c1ccc(Cl)cc1)[C@@H](CN1CCOCC1)c1ccc(Cl)cc1. The summed E-state index contributed by atoms with van der Waals surface area (Å²) in [6, 6.07) is 15.4. The van der Waals surface area contributed by atoms with Gasteiger partial charge in [0.15, 0.2) is 0 Å². The van der Waals surface area contributed by atoms with Gasteiger partial charge in [-0.2, -0.15) is 0 Å². The standard InChI is InChI=1S/C22H27Cl2NO2/c1-16(2)22(26,18-5-9-20(24)10-6-18)21(15-25-11-13-27-14-12-25)17-3-7-19(23)8-4-17/h3-10,16,21,26H,11-15H2,1-2H3/t21-,22-/m0/s1. The molecule has 1 aliphatic heterocycles. The van der Waals surface area contributed by atoms with Crippen LogP contribution in [-0.4, -0.2) is 42.9 Å². The first-order chi connectivity index (χ1) is 12.9. The number of ether oxygens (including phenoxy) is 1. The lowest BCUT2D eigenvalue weighted by atomic mass is 9.70. The molecule has 2 atom stereocenters. The van der Waals surface area contributed by atoms with Gasteiger partial charge in [-0.05, 0) is 41.3 Å². The number of hydrogen-bond acceptors (Lipinski definition) is 3. The molecular formula is C22H27Cl2NO2. The second kappa shape index (κ2) is 8.93. The van der Waals surface area contributed by atoms with E-state index in [0.717, 1.165) is 44.0 Å². The van der Waals surface area contributed by atoms with E-state index in [-0.39, 0.29) is 11.8 Å². The largest absolute Gasteiger partial charge is 0.384 e. The molecule has 0 unspecified atom stereocenters. The van der Waals surface area contributed by atoms with Crippen molar-refractivity contribution in [2.45, 2.75) is 25.4 Å². The van der Waals surface area contributed by atoms with Gasteiger partial charge in [-0.1, -0.05) is 61.3 Å². The summed E-state index contributed by atoms with van der Waals surface area (Å²) in [5.74, 6) is -0.0885. The van der Waals surface area contributed by atoms with Crippen LogP contribution in [0.1, 0.15) is 30.9 Å². The summed E-state index contributed by atoms with van der Waals surface area (Å²) in [5.41, 5.74) is 0.934. The summed E-state index contributed by atoms with van der Waals surface area (Å²) in [4.78, 5) is 2.37. The highest BCUT2D eigenvalue weighted by molar-refractivity contribution is 6.30. The van der Waals surface area contributed by atoms with Gasteiger partial charge in [-0.3, -0.25) is 4.90 Å². The van der Waals surface area contributed by atoms with Crippen LogP contribution in [0.5, 0.6) is 0 Å². The minimum Gasteiger partial charge on any atom is -0.384 e. The lowest BCUT2D eigenvalue weighted by Gasteiger charge is -2.43. The van der Waals surface area contributed by atoms with Crippen molar-refractivity contribution in [3.8, 4) is 0 Å². The summed E-state index contributed by atoms with van der Waals surface area (Å²) in [7, 11) is 0. The zero-order valence-corrected chi connectivity index (χ0v) is 17.4. The van der Waals surface area contributed by atoms with Gasteiger partial charge < -0.3 is 9.84 Å². The van der Waals surface area contributed by atoms with Crippen LogP contribution < -0.4 is 0 Å². The van der Waals surface area contributed by atoms with Crippen LogP contribution in [-0.2, 0) is 10.3 Å². The fourth-order valence-electron chi connectivity index (χ4n) is 3.89. The van der Waals surface area contributed by atoms with E-state index in [1.54, 1.807) is 0 Å². The molecule has 3 rings (SSSR count). The molecule has 1 N–H and O–H groups in total. The van der Waals surface area contributed by atoms with E-state index in [0.29, 0.717) is 10.0 Å². The topological polar surface area (TPSA) is 32.7 Å². The third-order valence-corrected chi connectivity index (χ3v) is 6.04. The van der Waals surface area contributed by atoms with E-state index in [4.69, 9.17) is 27.9 Å². The number of rotatable bonds is 6. The van der Waals surface area contributed by atoms with Crippen LogP contribution in [0.4, 0.5) is 0 Å². The maximum Gasteiger partial charge on any atom is 0.0999 e. The molecule has 2 aromatic rings. The predicted octanol–water partition coefficient (Wildman–Crippen LogP) is 4.95. The molecule has 1 aliphatic rings. The van der Waals surface area contributed by atoms with E-state index < -0.39 is 5.60 Å². The van der Waals surface area contributed by atoms with E-state index in [1.807, 2.05) is 48.5 Å². The van der Waals surface area contributed by atoms with Gasteiger partial charge in [-0.15, -0.1) is 0 Å². The summed E-state index contributed by atoms with van der Waals surface area (Å²) in [6.45, 7) is 8.09. The van der Waals surface area contributed by atoms with Gasteiger partial charge in [0.1, 0.15) is 0 Å². The average Bonchev–Trinajstić information content (AvgIpc) is 2.67. The highest BCUT2D eigenvalue weighted by Gasteiger charge is 2.43. The molecule has 0 aromatic heterocycles. The second-order valence-electron chi connectivity index (χ2n) is 7.50. The van der Waals surface area contributed by atoms with Gasteiger partial charge in [0.05, 0.1) is 18.8 Å². The van der Waals surface area contributed by atoms with E-state index in [2.05, 4.69) is 18.7 Å². The Morgan fingerprint density at radius 1 is 0.963 bits per heavy atom. The highest BCUT2D eigenvalue weighted by atomic mass is 35.5. The molecule has 0 aliphatic carbocycles. The number of halogens is 2. The maximum atomic E-state index is 12.0. The zero-order valence-electron chi connectivity index (χ0n) is 15.9. The first-order valence-electron chi connectivity index (χ1n) is 9.45. The van der Waals surface area contributed by atoms with Gasteiger partial charge in [-0.25, -0.2) is 0 Å². The summed E-state index contributed by atoms with van der Waals surface area (Å²) < 4.78 is 5.50. The Balaban J connectivity index is 2.03. The summed E-state index contributed by atoms with van der Waals surface area (Å²) >= 11 is 12.2. The molecule has 3 nitrogen and oxygen atoms in total. The Kier molecular flexibility index (Phi) is 6.83. The molecule has 0 radical (unpaired) electrons. The number of morpholine rings is 1. The van der Waals surface area contributed by atoms with Crippen LogP contribution in [0.2, 0.25) is 10.0 Å². The number of benzene rings is 2. The van der Waals surface area contributed by atoms with E-state index in [1.165, 1.54) is 0 Å². The van der Waals surface area contributed by atoms with Crippen molar-refractivity contribution in [1.29, 1.82) is 0 Å². The Bertz CT molecular complexity index is 727. The number of aliphatic hydroxyl groups is 1. The highest BCUT2D eigenvalue weighted by Crippen LogP contribution is 2.43. The Morgan fingerprint density at radius 3 is 2.00 bits per heavy atom. The molecule has 0 amide bonds. The van der Waals surface area contributed by atoms with Crippen LogP contribution in [0.15, 0.2) is 48.5 Å². The van der Waals surface area contributed by atoms with Crippen molar-refractivity contribution < 1.29 is 9.84 Å². The second-order valence-corrected chi connectivity index (χ2v) is 8.38. The molecule has 5 heteroatoms. The minimum absolute atomic E-state index is 0.0143. The third kappa shape index (κ3) is 4.67. The minimum atomic E-state index is -1.03. The van der Waals surface area contributed by atoms with Crippen LogP contribution in [0.3, 0.4) is 0 Å². The van der Waals surface area contributed by atoms with Crippen LogP contribution in [0, 0.1) is 5.92 Å².